The van der Waals surface area contributed by atoms with Gasteiger partial charge in [0, 0.05) is 11.8 Å². The van der Waals surface area contributed by atoms with Gasteiger partial charge in [-0.1, -0.05) is 55.0 Å². The number of pyridine rings is 1. The van der Waals surface area contributed by atoms with Crippen LogP contribution >= 0.6 is 22.9 Å². The minimum absolute atomic E-state index is 0.0312. The van der Waals surface area contributed by atoms with Crippen molar-refractivity contribution >= 4 is 43.8 Å². The molecular weight excluding hydrogens is 510 g/mol. The highest BCUT2D eigenvalue weighted by atomic mass is 35.5. The average Bonchev–Trinajstić information content (AvgIpc) is 3.37. The van der Waals surface area contributed by atoms with Crippen LogP contribution in [0.4, 0.5) is 5.13 Å². The lowest BCUT2D eigenvalue weighted by atomic mass is 9.84. The summed E-state index contributed by atoms with van der Waals surface area (Å²) in [5.41, 5.74) is -0.156. The fraction of sp³-hybridized carbons (Fsp3) is 0.458. The van der Waals surface area contributed by atoms with E-state index in [-0.39, 0.29) is 21.5 Å². The standard InChI is InChI=1S/C24H28ClN3O5S2/c1-14-9-18(35(31,32)20-10-15(2)33-16(20)3)12-22(29)28(14)19(11-17-7-5-4-6-8-17)23(30)27-24-26-13-21(25)34-24/h9-10,12-13,17,19H,4-8,11H2,1-3H3,(H,26,27,30). The maximum absolute atomic E-state index is 13.4. The lowest BCUT2D eigenvalue weighted by molar-refractivity contribution is -0.120. The second-order valence-corrected chi connectivity index (χ2v) is 12.6. The topological polar surface area (TPSA) is 111 Å². The number of rotatable bonds is 7. The van der Waals surface area contributed by atoms with Crippen molar-refractivity contribution in [1.29, 1.82) is 0 Å². The molecule has 0 aromatic carbocycles. The number of anilines is 1. The van der Waals surface area contributed by atoms with Gasteiger partial charge in [-0.2, -0.15) is 0 Å². The highest BCUT2D eigenvalue weighted by Gasteiger charge is 2.30. The Morgan fingerprint density at radius 1 is 1.23 bits per heavy atom. The summed E-state index contributed by atoms with van der Waals surface area (Å²) < 4.78 is 33.7. The van der Waals surface area contributed by atoms with Gasteiger partial charge < -0.3 is 14.3 Å². The molecule has 1 fully saturated rings. The van der Waals surface area contributed by atoms with Crippen LogP contribution in [-0.2, 0) is 14.6 Å². The zero-order valence-corrected chi connectivity index (χ0v) is 22.2. The fourth-order valence-electron chi connectivity index (χ4n) is 4.81. The Bertz CT molecular complexity index is 1400. The molecule has 3 heterocycles. The van der Waals surface area contributed by atoms with Gasteiger partial charge in [-0.05, 0) is 45.2 Å². The number of thiazole rings is 1. The van der Waals surface area contributed by atoms with Crippen LogP contribution in [0, 0.1) is 26.7 Å². The Balaban J connectivity index is 1.72. The lowest BCUT2D eigenvalue weighted by Crippen LogP contribution is -2.36. The first kappa shape index (κ1) is 25.7. The second kappa shape index (κ2) is 10.3. The molecule has 11 heteroatoms. The summed E-state index contributed by atoms with van der Waals surface area (Å²) >= 11 is 7.09. The summed E-state index contributed by atoms with van der Waals surface area (Å²) in [4.78, 5) is 30.7. The van der Waals surface area contributed by atoms with E-state index in [9.17, 15) is 18.0 Å². The van der Waals surface area contributed by atoms with E-state index in [4.69, 9.17) is 16.0 Å². The number of halogens is 1. The first-order valence-electron chi connectivity index (χ1n) is 11.5. The van der Waals surface area contributed by atoms with Crippen LogP contribution in [0.1, 0.15) is 61.8 Å². The van der Waals surface area contributed by atoms with Crippen LogP contribution in [0.5, 0.6) is 0 Å². The van der Waals surface area contributed by atoms with E-state index in [1.807, 2.05) is 0 Å². The third-order valence-electron chi connectivity index (χ3n) is 6.43. The van der Waals surface area contributed by atoms with Gasteiger partial charge in [0.15, 0.2) is 5.13 Å². The van der Waals surface area contributed by atoms with Gasteiger partial charge in [0.05, 0.1) is 11.1 Å². The number of amides is 1. The Morgan fingerprint density at radius 3 is 2.51 bits per heavy atom. The molecule has 1 unspecified atom stereocenters. The van der Waals surface area contributed by atoms with Crippen molar-refractivity contribution in [3.63, 3.8) is 0 Å². The van der Waals surface area contributed by atoms with Gasteiger partial charge in [-0.3, -0.25) is 9.59 Å². The molecule has 1 N–H and O–H groups in total. The van der Waals surface area contributed by atoms with Crippen LogP contribution in [0.2, 0.25) is 4.34 Å². The molecule has 188 valence electrons. The number of hydrogen-bond acceptors (Lipinski definition) is 7. The molecule has 0 aliphatic heterocycles. The highest BCUT2D eigenvalue weighted by molar-refractivity contribution is 7.91. The second-order valence-electron chi connectivity index (χ2n) is 9.04. The number of sulfone groups is 1. The Morgan fingerprint density at radius 2 is 1.94 bits per heavy atom. The number of carbonyl (C=O) groups excluding carboxylic acids is 1. The van der Waals surface area contributed by atoms with Crippen molar-refractivity contribution in [3.05, 3.63) is 56.3 Å². The number of aryl methyl sites for hydroxylation is 3. The Hall–Kier alpha value is -2.43. The van der Waals surface area contributed by atoms with E-state index in [0.29, 0.717) is 33.3 Å². The Labute approximate surface area is 213 Å². The van der Waals surface area contributed by atoms with Crippen LogP contribution in [0.15, 0.2) is 43.4 Å². The summed E-state index contributed by atoms with van der Waals surface area (Å²) in [6, 6.07) is 3.18. The van der Waals surface area contributed by atoms with E-state index in [1.54, 1.807) is 20.8 Å². The molecule has 0 bridgehead atoms. The SMILES string of the molecule is Cc1cc(S(=O)(=O)c2cc(C)n(C(CC3CCCCC3)C(=O)Nc3ncc(Cl)s3)c(=O)c2)c(C)o1. The highest BCUT2D eigenvalue weighted by Crippen LogP contribution is 2.33. The first-order valence-corrected chi connectivity index (χ1v) is 14.2. The van der Waals surface area contributed by atoms with Gasteiger partial charge in [0.2, 0.25) is 15.7 Å². The predicted octanol–water partition coefficient (Wildman–Crippen LogP) is 5.46. The van der Waals surface area contributed by atoms with Gasteiger partial charge in [-0.25, -0.2) is 13.4 Å². The zero-order valence-electron chi connectivity index (χ0n) is 19.8. The van der Waals surface area contributed by atoms with Gasteiger partial charge >= 0.3 is 0 Å². The summed E-state index contributed by atoms with van der Waals surface area (Å²) in [6.07, 6.45) is 7.28. The maximum Gasteiger partial charge on any atom is 0.252 e. The number of aromatic nitrogens is 2. The molecule has 35 heavy (non-hydrogen) atoms. The van der Waals surface area contributed by atoms with Gasteiger partial charge in [0.1, 0.15) is 26.8 Å². The largest absolute Gasteiger partial charge is 0.465 e. The maximum atomic E-state index is 13.4. The van der Waals surface area contributed by atoms with Crippen LogP contribution in [0.25, 0.3) is 0 Å². The minimum Gasteiger partial charge on any atom is -0.465 e. The number of nitrogens with zero attached hydrogens (tertiary/aromatic N) is 2. The molecule has 0 saturated heterocycles. The predicted molar refractivity (Wildman–Crippen MR) is 135 cm³/mol. The molecule has 8 nitrogen and oxygen atoms in total. The average molecular weight is 538 g/mol. The number of furan rings is 1. The number of nitrogens with one attached hydrogen (secondary N) is 1. The summed E-state index contributed by atoms with van der Waals surface area (Å²) in [6.45, 7) is 4.89. The van der Waals surface area contributed by atoms with E-state index in [0.717, 1.165) is 43.1 Å². The number of carbonyl (C=O) groups is 1. The molecule has 0 spiro atoms. The summed E-state index contributed by atoms with van der Waals surface area (Å²) in [5.74, 6) is 0.660. The van der Waals surface area contributed by atoms with E-state index in [2.05, 4.69) is 10.3 Å². The van der Waals surface area contributed by atoms with Gasteiger partial charge in [0.25, 0.3) is 5.56 Å². The van der Waals surface area contributed by atoms with Crippen LogP contribution in [0.3, 0.4) is 0 Å². The quantitative estimate of drug-likeness (QED) is 0.428. The van der Waals surface area contributed by atoms with Crippen molar-refractivity contribution in [1.82, 2.24) is 9.55 Å². The lowest BCUT2D eigenvalue weighted by Gasteiger charge is -2.28. The van der Waals surface area contributed by atoms with E-state index >= 15 is 0 Å². The zero-order chi connectivity index (χ0) is 25.3. The van der Waals surface area contributed by atoms with Crippen molar-refractivity contribution < 1.29 is 17.6 Å². The van der Waals surface area contributed by atoms with Crippen LogP contribution < -0.4 is 10.9 Å². The molecule has 4 rings (SSSR count). The van der Waals surface area contributed by atoms with Crippen molar-refractivity contribution in [2.75, 3.05) is 5.32 Å². The van der Waals surface area contributed by atoms with Crippen molar-refractivity contribution in [2.24, 2.45) is 5.92 Å². The molecule has 3 aromatic rings. The normalized spacial score (nSPS) is 15.8. The van der Waals surface area contributed by atoms with Gasteiger partial charge in [-0.15, -0.1) is 0 Å². The molecule has 1 saturated carbocycles. The third kappa shape index (κ3) is 5.54. The summed E-state index contributed by atoms with van der Waals surface area (Å²) in [5, 5.41) is 3.13. The van der Waals surface area contributed by atoms with E-state index in [1.165, 1.54) is 29.3 Å². The van der Waals surface area contributed by atoms with Crippen LogP contribution in [-0.4, -0.2) is 23.9 Å². The number of hydrogen-bond donors (Lipinski definition) is 1. The smallest absolute Gasteiger partial charge is 0.252 e. The molecule has 3 aromatic heterocycles. The first-order chi connectivity index (χ1) is 16.6. The molecule has 1 atom stereocenters. The third-order valence-corrected chi connectivity index (χ3v) is 9.30. The molecule has 1 aliphatic rings. The monoisotopic (exact) mass is 537 g/mol. The molecule has 1 amide bonds. The fourth-order valence-corrected chi connectivity index (χ4v) is 7.20. The molecular formula is C24H28ClN3O5S2. The summed E-state index contributed by atoms with van der Waals surface area (Å²) in [7, 11) is -3.96. The van der Waals surface area contributed by atoms with E-state index < -0.39 is 21.4 Å². The minimum atomic E-state index is -3.96. The molecule has 1 aliphatic carbocycles. The van der Waals surface area contributed by atoms with Crippen molar-refractivity contribution in [2.45, 2.75) is 75.1 Å². The Kier molecular flexibility index (Phi) is 7.54. The molecule has 0 radical (unpaired) electrons. The van der Waals surface area contributed by atoms with Crippen molar-refractivity contribution in [3.8, 4) is 0 Å².